The molecule has 0 bridgehead atoms. The van der Waals surface area contributed by atoms with E-state index in [1.54, 1.807) is 7.11 Å². The normalized spacial score (nSPS) is 16.6. The molecular formula is C16H21NO. The van der Waals surface area contributed by atoms with E-state index in [2.05, 4.69) is 60.5 Å². The van der Waals surface area contributed by atoms with E-state index in [-0.39, 0.29) is 0 Å². The molecule has 0 aromatic heterocycles. The summed E-state index contributed by atoms with van der Waals surface area (Å²) in [6.07, 6.45) is 7.77. The quantitative estimate of drug-likeness (QED) is 0.784. The summed E-state index contributed by atoms with van der Waals surface area (Å²) in [4.78, 5) is 2.36. The van der Waals surface area contributed by atoms with E-state index in [1.165, 1.54) is 11.1 Å². The molecule has 1 aliphatic rings. The maximum Gasteiger partial charge on any atom is 0.0774 e. The molecule has 1 aromatic carbocycles. The summed E-state index contributed by atoms with van der Waals surface area (Å²) in [5.74, 6) is 0. The Kier molecular flexibility index (Phi) is 4.59. The van der Waals surface area contributed by atoms with Gasteiger partial charge in [0.05, 0.1) is 12.6 Å². The van der Waals surface area contributed by atoms with Gasteiger partial charge in [-0.2, -0.15) is 0 Å². The Labute approximate surface area is 110 Å². The Bertz CT molecular complexity index is 422. The predicted octanol–water partition coefficient (Wildman–Crippen LogP) is 3.54. The first-order valence-electron chi connectivity index (χ1n) is 6.52. The molecule has 1 aliphatic heterocycles. The van der Waals surface area contributed by atoms with Crippen molar-refractivity contribution >= 4 is 0 Å². The van der Waals surface area contributed by atoms with Crippen LogP contribution in [0.4, 0.5) is 0 Å². The molecule has 0 fully saturated rings. The van der Waals surface area contributed by atoms with Crippen LogP contribution in [0.25, 0.3) is 0 Å². The van der Waals surface area contributed by atoms with Crippen LogP contribution in [0.2, 0.25) is 0 Å². The fourth-order valence-electron chi connectivity index (χ4n) is 2.28. The van der Waals surface area contributed by atoms with Crippen molar-refractivity contribution in [2.75, 3.05) is 20.3 Å². The Hall–Kier alpha value is -1.54. The van der Waals surface area contributed by atoms with E-state index in [1.807, 2.05) is 0 Å². The monoisotopic (exact) mass is 243 g/mol. The number of rotatable bonds is 5. The zero-order valence-corrected chi connectivity index (χ0v) is 11.2. The highest BCUT2D eigenvalue weighted by molar-refractivity contribution is 5.26. The second kappa shape index (κ2) is 6.41. The SMILES string of the molecule is CCC1=CN([C@@H](COC)c2ccccc2)CC=C1. The van der Waals surface area contributed by atoms with Crippen LogP contribution in [-0.4, -0.2) is 25.2 Å². The summed E-state index contributed by atoms with van der Waals surface area (Å²) >= 11 is 0. The van der Waals surface area contributed by atoms with Gasteiger partial charge in [0, 0.05) is 19.9 Å². The minimum atomic E-state index is 0.294. The number of nitrogens with zero attached hydrogens (tertiary/aromatic N) is 1. The predicted molar refractivity (Wildman–Crippen MR) is 75.3 cm³/mol. The van der Waals surface area contributed by atoms with Gasteiger partial charge in [-0.1, -0.05) is 49.4 Å². The highest BCUT2D eigenvalue weighted by Crippen LogP contribution is 2.24. The van der Waals surface area contributed by atoms with Gasteiger partial charge in [-0.3, -0.25) is 0 Å². The summed E-state index contributed by atoms with van der Waals surface area (Å²) < 4.78 is 5.39. The molecule has 0 N–H and O–H groups in total. The molecule has 0 aliphatic carbocycles. The van der Waals surface area contributed by atoms with Crippen LogP contribution in [0.5, 0.6) is 0 Å². The first-order valence-corrected chi connectivity index (χ1v) is 6.52. The molecule has 1 aromatic rings. The van der Waals surface area contributed by atoms with Crippen LogP contribution in [0, 0.1) is 0 Å². The van der Waals surface area contributed by atoms with E-state index in [4.69, 9.17) is 4.74 Å². The average Bonchev–Trinajstić information content (AvgIpc) is 2.46. The summed E-state index contributed by atoms with van der Waals surface area (Å²) in [6.45, 7) is 3.85. The lowest BCUT2D eigenvalue weighted by atomic mass is 10.0. The van der Waals surface area contributed by atoms with Gasteiger partial charge in [0.2, 0.25) is 0 Å². The van der Waals surface area contributed by atoms with Gasteiger partial charge in [0.25, 0.3) is 0 Å². The van der Waals surface area contributed by atoms with E-state index in [9.17, 15) is 0 Å². The number of hydrogen-bond donors (Lipinski definition) is 0. The van der Waals surface area contributed by atoms with Crippen molar-refractivity contribution < 1.29 is 4.74 Å². The standard InChI is InChI=1S/C16H21NO/c1-3-14-8-7-11-17(12-14)16(13-18-2)15-9-5-4-6-10-15/h4-10,12,16H,3,11,13H2,1-2H3/t16-/m0/s1. The van der Waals surface area contributed by atoms with Crippen LogP contribution in [-0.2, 0) is 4.74 Å². The summed E-state index contributed by atoms with van der Waals surface area (Å²) in [6, 6.07) is 10.9. The van der Waals surface area contributed by atoms with Crippen molar-refractivity contribution in [1.82, 2.24) is 4.90 Å². The van der Waals surface area contributed by atoms with Gasteiger partial charge < -0.3 is 9.64 Å². The maximum absolute atomic E-state index is 5.39. The van der Waals surface area contributed by atoms with Crippen molar-refractivity contribution in [3.63, 3.8) is 0 Å². The lowest BCUT2D eigenvalue weighted by Gasteiger charge is -2.32. The number of hydrogen-bond acceptors (Lipinski definition) is 2. The molecule has 0 saturated carbocycles. The molecule has 2 nitrogen and oxygen atoms in total. The number of ether oxygens (including phenoxy) is 1. The summed E-state index contributed by atoms with van der Waals surface area (Å²) in [5.41, 5.74) is 2.68. The van der Waals surface area contributed by atoms with Crippen molar-refractivity contribution in [1.29, 1.82) is 0 Å². The molecular weight excluding hydrogens is 222 g/mol. The zero-order chi connectivity index (χ0) is 12.8. The van der Waals surface area contributed by atoms with Crippen molar-refractivity contribution in [2.45, 2.75) is 19.4 Å². The molecule has 0 saturated heterocycles. The number of methoxy groups -OCH3 is 1. The molecule has 0 unspecified atom stereocenters. The second-order valence-electron chi connectivity index (χ2n) is 4.54. The fourth-order valence-corrected chi connectivity index (χ4v) is 2.28. The molecule has 96 valence electrons. The minimum absolute atomic E-state index is 0.294. The van der Waals surface area contributed by atoms with Crippen LogP contribution >= 0.6 is 0 Å². The minimum Gasteiger partial charge on any atom is -0.382 e. The van der Waals surface area contributed by atoms with E-state index >= 15 is 0 Å². The number of allylic oxidation sites excluding steroid dienone is 2. The van der Waals surface area contributed by atoms with Crippen LogP contribution in [0.3, 0.4) is 0 Å². The average molecular weight is 243 g/mol. The van der Waals surface area contributed by atoms with E-state index < -0.39 is 0 Å². The third kappa shape index (κ3) is 3.02. The lowest BCUT2D eigenvalue weighted by molar-refractivity contribution is 0.122. The maximum atomic E-state index is 5.39. The van der Waals surface area contributed by atoms with Crippen molar-refractivity contribution in [3.8, 4) is 0 Å². The first-order chi connectivity index (χ1) is 8.85. The van der Waals surface area contributed by atoms with Gasteiger partial charge in [-0.15, -0.1) is 0 Å². The molecule has 0 amide bonds. The molecule has 0 spiro atoms. The number of benzene rings is 1. The van der Waals surface area contributed by atoms with Gasteiger partial charge in [-0.05, 0) is 17.6 Å². The van der Waals surface area contributed by atoms with Crippen molar-refractivity contribution in [2.24, 2.45) is 0 Å². The second-order valence-corrected chi connectivity index (χ2v) is 4.54. The van der Waals surface area contributed by atoms with Crippen LogP contribution < -0.4 is 0 Å². The molecule has 2 rings (SSSR count). The van der Waals surface area contributed by atoms with Crippen molar-refractivity contribution in [3.05, 3.63) is 59.8 Å². The Balaban J connectivity index is 2.21. The van der Waals surface area contributed by atoms with E-state index in [0.717, 1.165) is 13.0 Å². The van der Waals surface area contributed by atoms with Gasteiger partial charge >= 0.3 is 0 Å². The lowest BCUT2D eigenvalue weighted by Crippen LogP contribution is -2.29. The van der Waals surface area contributed by atoms with Gasteiger partial charge in [-0.25, -0.2) is 0 Å². The summed E-state index contributed by atoms with van der Waals surface area (Å²) in [7, 11) is 1.76. The van der Waals surface area contributed by atoms with E-state index in [0.29, 0.717) is 12.6 Å². The first kappa shape index (κ1) is 12.9. The zero-order valence-electron chi connectivity index (χ0n) is 11.2. The third-order valence-electron chi connectivity index (χ3n) is 3.30. The Morgan fingerprint density at radius 1 is 1.28 bits per heavy atom. The van der Waals surface area contributed by atoms with Gasteiger partial charge in [0.15, 0.2) is 0 Å². The third-order valence-corrected chi connectivity index (χ3v) is 3.30. The van der Waals surface area contributed by atoms with Crippen LogP contribution in [0.15, 0.2) is 54.3 Å². The highest BCUT2D eigenvalue weighted by Gasteiger charge is 2.18. The van der Waals surface area contributed by atoms with Gasteiger partial charge in [0.1, 0.15) is 0 Å². The van der Waals surface area contributed by atoms with Crippen LogP contribution in [0.1, 0.15) is 24.9 Å². The molecule has 2 heteroatoms. The topological polar surface area (TPSA) is 12.5 Å². The molecule has 0 radical (unpaired) electrons. The molecule has 1 atom stereocenters. The Morgan fingerprint density at radius 2 is 2.06 bits per heavy atom. The fraction of sp³-hybridized carbons (Fsp3) is 0.375. The largest absolute Gasteiger partial charge is 0.382 e. The summed E-state index contributed by atoms with van der Waals surface area (Å²) in [5, 5.41) is 0. The smallest absolute Gasteiger partial charge is 0.0774 e. The molecule has 18 heavy (non-hydrogen) atoms. The Morgan fingerprint density at radius 3 is 2.72 bits per heavy atom. The highest BCUT2D eigenvalue weighted by atomic mass is 16.5. The molecule has 1 heterocycles.